The fraction of sp³-hybridized carbons (Fsp3) is 0.421. The van der Waals surface area contributed by atoms with Crippen molar-refractivity contribution in [3.05, 3.63) is 53.9 Å². The van der Waals surface area contributed by atoms with Crippen molar-refractivity contribution in [1.82, 2.24) is 19.6 Å². The SMILES string of the molecule is CC(=O)N1CCN(C(=O)CCn2nccc2C)C(c2ccccc2)C1. The first-order chi connectivity index (χ1) is 12.1. The van der Waals surface area contributed by atoms with Crippen LogP contribution in [0.3, 0.4) is 0 Å². The third kappa shape index (κ3) is 3.90. The third-order valence-corrected chi connectivity index (χ3v) is 4.80. The van der Waals surface area contributed by atoms with Gasteiger partial charge in [-0.2, -0.15) is 5.10 Å². The number of amides is 2. The van der Waals surface area contributed by atoms with Crippen LogP contribution in [0.1, 0.15) is 30.6 Å². The van der Waals surface area contributed by atoms with E-state index < -0.39 is 0 Å². The molecular formula is C19H24N4O2. The maximum absolute atomic E-state index is 12.8. The largest absolute Gasteiger partial charge is 0.339 e. The monoisotopic (exact) mass is 340 g/mol. The Morgan fingerprint density at radius 3 is 2.56 bits per heavy atom. The van der Waals surface area contributed by atoms with Gasteiger partial charge in [0.15, 0.2) is 0 Å². The van der Waals surface area contributed by atoms with Crippen molar-refractivity contribution >= 4 is 11.8 Å². The quantitative estimate of drug-likeness (QED) is 0.855. The van der Waals surface area contributed by atoms with E-state index in [1.165, 1.54) is 0 Å². The molecule has 1 aliphatic rings. The van der Waals surface area contributed by atoms with Crippen molar-refractivity contribution in [3.8, 4) is 0 Å². The van der Waals surface area contributed by atoms with E-state index in [1.807, 2.05) is 57.8 Å². The Balaban J connectivity index is 1.74. The van der Waals surface area contributed by atoms with E-state index in [-0.39, 0.29) is 17.9 Å². The molecule has 3 rings (SSSR count). The first-order valence-corrected chi connectivity index (χ1v) is 8.64. The van der Waals surface area contributed by atoms with Gasteiger partial charge < -0.3 is 9.80 Å². The lowest BCUT2D eigenvalue weighted by Gasteiger charge is -2.41. The van der Waals surface area contributed by atoms with Crippen LogP contribution in [0.5, 0.6) is 0 Å². The van der Waals surface area contributed by atoms with Crippen LogP contribution in [0.25, 0.3) is 0 Å². The normalized spacial score (nSPS) is 17.6. The Hall–Kier alpha value is -2.63. The van der Waals surface area contributed by atoms with Crippen LogP contribution >= 0.6 is 0 Å². The molecule has 0 bridgehead atoms. The molecule has 1 unspecified atom stereocenters. The molecule has 132 valence electrons. The van der Waals surface area contributed by atoms with Gasteiger partial charge in [0.05, 0.1) is 6.04 Å². The second-order valence-electron chi connectivity index (χ2n) is 6.42. The lowest BCUT2D eigenvalue weighted by atomic mass is 10.0. The van der Waals surface area contributed by atoms with E-state index >= 15 is 0 Å². The van der Waals surface area contributed by atoms with Gasteiger partial charge >= 0.3 is 0 Å². The summed E-state index contributed by atoms with van der Waals surface area (Å²) in [5.74, 6) is 0.159. The summed E-state index contributed by atoms with van der Waals surface area (Å²) >= 11 is 0. The zero-order valence-electron chi connectivity index (χ0n) is 14.8. The van der Waals surface area contributed by atoms with Crippen LogP contribution in [0, 0.1) is 6.92 Å². The molecule has 0 radical (unpaired) electrons. The number of hydrogen-bond acceptors (Lipinski definition) is 3. The number of carbonyl (C=O) groups is 2. The predicted octanol–water partition coefficient (Wildman–Crippen LogP) is 2.01. The number of nitrogens with zero attached hydrogens (tertiary/aromatic N) is 4. The highest BCUT2D eigenvalue weighted by molar-refractivity contribution is 5.78. The van der Waals surface area contributed by atoms with Crippen molar-refractivity contribution < 1.29 is 9.59 Å². The zero-order chi connectivity index (χ0) is 17.8. The topological polar surface area (TPSA) is 58.4 Å². The highest BCUT2D eigenvalue weighted by Crippen LogP contribution is 2.26. The molecule has 2 heterocycles. The number of piperazine rings is 1. The first kappa shape index (κ1) is 17.2. The van der Waals surface area contributed by atoms with E-state index in [0.29, 0.717) is 32.6 Å². The molecule has 0 N–H and O–H groups in total. The first-order valence-electron chi connectivity index (χ1n) is 8.64. The summed E-state index contributed by atoms with van der Waals surface area (Å²) in [6, 6.07) is 11.8. The number of carbonyl (C=O) groups excluding carboxylic acids is 2. The molecule has 2 amide bonds. The minimum Gasteiger partial charge on any atom is -0.339 e. The average molecular weight is 340 g/mol. The van der Waals surface area contributed by atoms with Gasteiger partial charge in [0.25, 0.3) is 0 Å². The molecule has 1 aromatic heterocycles. The molecule has 25 heavy (non-hydrogen) atoms. The van der Waals surface area contributed by atoms with Crippen LogP contribution in [-0.4, -0.2) is 51.0 Å². The summed E-state index contributed by atoms with van der Waals surface area (Å²) in [7, 11) is 0. The molecule has 0 saturated carbocycles. The van der Waals surface area contributed by atoms with E-state index in [2.05, 4.69) is 5.10 Å². The average Bonchev–Trinajstić information content (AvgIpc) is 3.04. The van der Waals surface area contributed by atoms with Gasteiger partial charge in [-0.05, 0) is 18.6 Å². The second-order valence-corrected chi connectivity index (χ2v) is 6.42. The van der Waals surface area contributed by atoms with Crippen molar-refractivity contribution in [2.24, 2.45) is 0 Å². The molecule has 6 nitrogen and oxygen atoms in total. The van der Waals surface area contributed by atoms with Gasteiger partial charge in [-0.25, -0.2) is 0 Å². The van der Waals surface area contributed by atoms with Crippen molar-refractivity contribution in [2.45, 2.75) is 32.9 Å². The summed E-state index contributed by atoms with van der Waals surface area (Å²) in [6.45, 7) is 5.84. The molecule has 1 aromatic carbocycles. The van der Waals surface area contributed by atoms with Gasteiger partial charge in [-0.1, -0.05) is 30.3 Å². The van der Waals surface area contributed by atoms with Gasteiger partial charge in [0, 0.05) is 51.4 Å². The minimum atomic E-state index is -0.0925. The highest BCUT2D eigenvalue weighted by Gasteiger charge is 2.32. The minimum absolute atomic E-state index is 0.0557. The van der Waals surface area contributed by atoms with Gasteiger partial charge in [0.2, 0.25) is 11.8 Å². The molecule has 1 atom stereocenters. The molecule has 1 saturated heterocycles. The molecule has 1 fully saturated rings. The molecule has 2 aromatic rings. The summed E-state index contributed by atoms with van der Waals surface area (Å²) in [5, 5.41) is 4.24. The number of aryl methyl sites for hydroxylation is 2. The van der Waals surface area contributed by atoms with E-state index in [0.717, 1.165) is 11.3 Å². The van der Waals surface area contributed by atoms with E-state index in [9.17, 15) is 9.59 Å². The maximum Gasteiger partial charge on any atom is 0.225 e. The fourth-order valence-corrected chi connectivity index (χ4v) is 3.31. The van der Waals surface area contributed by atoms with E-state index in [4.69, 9.17) is 0 Å². The standard InChI is InChI=1S/C19H24N4O2/c1-15-8-10-20-23(15)11-9-19(25)22-13-12-21(16(2)24)14-18(22)17-6-4-3-5-7-17/h3-8,10,18H,9,11-14H2,1-2H3. The Labute approximate surface area is 148 Å². The van der Waals surface area contributed by atoms with E-state index in [1.54, 1.807) is 13.1 Å². The van der Waals surface area contributed by atoms with Crippen molar-refractivity contribution in [3.63, 3.8) is 0 Å². The number of benzene rings is 1. The summed E-state index contributed by atoms with van der Waals surface area (Å²) in [6.07, 6.45) is 2.16. The lowest BCUT2D eigenvalue weighted by molar-refractivity contribution is -0.142. The number of hydrogen-bond donors (Lipinski definition) is 0. The lowest BCUT2D eigenvalue weighted by Crippen LogP contribution is -2.52. The second kappa shape index (κ2) is 7.51. The van der Waals surface area contributed by atoms with Crippen molar-refractivity contribution in [2.75, 3.05) is 19.6 Å². The predicted molar refractivity (Wildman–Crippen MR) is 94.7 cm³/mol. The van der Waals surface area contributed by atoms with Crippen LogP contribution in [0.2, 0.25) is 0 Å². The molecule has 0 spiro atoms. The summed E-state index contributed by atoms with van der Waals surface area (Å²) in [4.78, 5) is 28.4. The van der Waals surface area contributed by atoms with Crippen LogP contribution in [0.15, 0.2) is 42.6 Å². The smallest absolute Gasteiger partial charge is 0.225 e. The Morgan fingerprint density at radius 1 is 1.16 bits per heavy atom. The summed E-state index contributed by atoms with van der Waals surface area (Å²) < 4.78 is 1.85. The van der Waals surface area contributed by atoms with Crippen molar-refractivity contribution in [1.29, 1.82) is 0 Å². The Kier molecular flexibility index (Phi) is 5.16. The van der Waals surface area contributed by atoms with Crippen LogP contribution in [0.4, 0.5) is 0 Å². The van der Waals surface area contributed by atoms with Gasteiger partial charge in [-0.15, -0.1) is 0 Å². The van der Waals surface area contributed by atoms with Crippen LogP contribution < -0.4 is 0 Å². The highest BCUT2D eigenvalue weighted by atomic mass is 16.2. The number of aromatic nitrogens is 2. The van der Waals surface area contributed by atoms with Crippen LogP contribution in [-0.2, 0) is 16.1 Å². The molecule has 1 aliphatic heterocycles. The molecule has 0 aliphatic carbocycles. The van der Waals surface area contributed by atoms with Gasteiger partial charge in [-0.3, -0.25) is 14.3 Å². The summed E-state index contributed by atoms with van der Waals surface area (Å²) in [5.41, 5.74) is 2.12. The fourth-order valence-electron chi connectivity index (χ4n) is 3.31. The molecule has 6 heteroatoms. The Bertz CT molecular complexity index is 741. The third-order valence-electron chi connectivity index (χ3n) is 4.80. The number of rotatable bonds is 4. The molecular weight excluding hydrogens is 316 g/mol. The maximum atomic E-state index is 12.8. The zero-order valence-corrected chi connectivity index (χ0v) is 14.8. The Morgan fingerprint density at radius 2 is 1.92 bits per heavy atom. The van der Waals surface area contributed by atoms with Gasteiger partial charge in [0.1, 0.15) is 0 Å².